The van der Waals surface area contributed by atoms with Gasteiger partial charge in [-0.05, 0) is 24.6 Å². The van der Waals surface area contributed by atoms with E-state index in [0.717, 1.165) is 6.42 Å². The van der Waals surface area contributed by atoms with Crippen molar-refractivity contribution in [2.24, 2.45) is 0 Å². The molecule has 6 heteroatoms. The molecule has 3 N–H and O–H groups in total. The van der Waals surface area contributed by atoms with Crippen LogP contribution < -0.4 is 10.6 Å². The van der Waals surface area contributed by atoms with Crippen molar-refractivity contribution in [3.8, 4) is 5.75 Å². The Balaban J connectivity index is 1.93. The molecule has 0 saturated carbocycles. The van der Waals surface area contributed by atoms with Crippen molar-refractivity contribution in [3.05, 3.63) is 28.2 Å². The molecule has 0 aliphatic carbocycles. The van der Waals surface area contributed by atoms with Crippen LogP contribution in [-0.2, 0) is 4.79 Å². The second-order valence-corrected chi connectivity index (χ2v) is 5.09. The molecular formula is C12H13BrN2O3. The lowest BCUT2D eigenvalue weighted by molar-refractivity contribution is -0.119. The van der Waals surface area contributed by atoms with Crippen LogP contribution >= 0.6 is 15.9 Å². The zero-order valence-corrected chi connectivity index (χ0v) is 11.2. The highest BCUT2D eigenvalue weighted by molar-refractivity contribution is 9.10. The largest absolute Gasteiger partial charge is 0.507 e. The van der Waals surface area contributed by atoms with Gasteiger partial charge in [0.2, 0.25) is 5.91 Å². The number of carbonyl (C=O) groups excluding carboxylic acids is 2. The number of hydrogen-bond donors (Lipinski definition) is 3. The lowest BCUT2D eigenvalue weighted by Crippen LogP contribution is -2.38. The van der Waals surface area contributed by atoms with Crippen LogP contribution in [0.1, 0.15) is 23.2 Å². The number of carbonyl (C=O) groups is 2. The molecule has 1 saturated heterocycles. The van der Waals surface area contributed by atoms with Gasteiger partial charge in [0.25, 0.3) is 5.91 Å². The van der Waals surface area contributed by atoms with Crippen molar-refractivity contribution in [3.63, 3.8) is 0 Å². The van der Waals surface area contributed by atoms with Crippen molar-refractivity contribution in [1.29, 1.82) is 0 Å². The fourth-order valence-electron chi connectivity index (χ4n) is 1.84. The van der Waals surface area contributed by atoms with Gasteiger partial charge in [-0.15, -0.1) is 0 Å². The zero-order chi connectivity index (χ0) is 13.1. The summed E-state index contributed by atoms with van der Waals surface area (Å²) < 4.78 is 0.708. The fourth-order valence-corrected chi connectivity index (χ4v) is 2.19. The third-order valence-electron chi connectivity index (χ3n) is 2.80. The summed E-state index contributed by atoms with van der Waals surface area (Å²) in [6.07, 6.45) is 1.23. The first-order valence-electron chi connectivity index (χ1n) is 5.62. The summed E-state index contributed by atoms with van der Waals surface area (Å²) in [7, 11) is 0. The van der Waals surface area contributed by atoms with E-state index in [9.17, 15) is 14.7 Å². The Labute approximate surface area is 113 Å². The predicted molar refractivity (Wildman–Crippen MR) is 69.3 cm³/mol. The number of phenols is 1. The van der Waals surface area contributed by atoms with Crippen LogP contribution in [-0.4, -0.2) is 29.5 Å². The third kappa shape index (κ3) is 3.01. The summed E-state index contributed by atoms with van der Waals surface area (Å²) in [5.74, 6) is -0.404. The molecule has 1 aliphatic rings. The smallest absolute Gasteiger partial charge is 0.255 e. The molecule has 2 rings (SSSR count). The predicted octanol–water partition coefficient (Wildman–Crippen LogP) is 1.16. The lowest BCUT2D eigenvalue weighted by Gasteiger charge is -2.12. The standard InChI is InChI=1S/C12H13BrN2O3/c13-7-1-3-9(10(16)5-7)12(18)14-6-8-2-4-11(17)15-8/h1,3,5,8,16H,2,4,6H2,(H,14,18)(H,15,17). The number of halogens is 1. The van der Waals surface area contributed by atoms with Gasteiger partial charge in [-0.3, -0.25) is 9.59 Å². The first-order valence-corrected chi connectivity index (χ1v) is 6.41. The maximum Gasteiger partial charge on any atom is 0.255 e. The molecule has 1 unspecified atom stereocenters. The van der Waals surface area contributed by atoms with E-state index in [4.69, 9.17) is 0 Å². The van der Waals surface area contributed by atoms with E-state index in [1.807, 2.05) is 0 Å². The summed E-state index contributed by atoms with van der Waals surface area (Å²) in [6, 6.07) is 4.68. The summed E-state index contributed by atoms with van der Waals surface area (Å²) in [5.41, 5.74) is 0.225. The topological polar surface area (TPSA) is 78.4 Å². The Bertz CT molecular complexity index is 490. The van der Waals surface area contributed by atoms with Gasteiger partial charge < -0.3 is 15.7 Å². The van der Waals surface area contributed by atoms with Crippen LogP contribution in [0, 0.1) is 0 Å². The van der Waals surface area contributed by atoms with Gasteiger partial charge in [-0.25, -0.2) is 0 Å². The number of phenolic OH excluding ortho intramolecular Hbond substituents is 1. The molecule has 18 heavy (non-hydrogen) atoms. The molecule has 0 aromatic heterocycles. The highest BCUT2D eigenvalue weighted by atomic mass is 79.9. The maximum absolute atomic E-state index is 11.8. The Morgan fingerprint density at radius 3 is 2.94 bits per heavy atom. The van der Waals surface area contributed by atoms with Crippen molar-refractivity contribution < 1.29 is 14.7 Å². The van der Waals surface area contributed by atoms with E-state index < -0.39 is 0 Å². The molecule has 5 nitrogen and oxygen atoms in total. The minimum absolute atomic E-state index is 0.0146. The Kier molecular flexibility index (Phi) is 3.86. The zero-order valence-electron chi connectivity index (χ0n) is 9.57. The highest BCUT2D eigenvalue weighted by Crippen LogP contribution is 2.22. The number of rotatable bonds is 3. The van der Waals surface area contributed by atoms with E-state index in [0.29, 0.717) is 17.4 Å². The molecule has 0 bridgehead atoms. The lowest BCUT2D eigenvalue weighted by atomic mass is 10.1. The van der Waals surface area contributed by atoms with Gasteiger partial charge in [-0.1, -0.05) is 15.9 Å². The molecule has 1 heterocycles. The van der Waals surface area contributed by atoms with E-state index in [1.165, 1.54) is 6.07 Å². The average molecular weight is 313 g/mol. The van der Waals surface area contributed by atoms with Gasteiger partial charge >= 0.3 is 0 Å². The van der Waals surface area contributed by atoms with E-state index >= 15 is 0 Å². The Morgan fingerprint density at radius 2 is 2.33 bits per heavy atom. The monoisotopic (exact) mass is 312 g/mol. The molecule has 1 aliphatic heterocycles. The number of hydrogen-bond acceptors (Lipinski definition) is 3. The molecule has 1 aromatic rings. The fraction of sp³-hybridized carbons (Fsp3) is 0.333. The van der Waals surface area contributed by atoms with Gasteiger partial charge in [0.05, 0.1) is 5.56 Å². The van der Waals surface area contributed by atoms with Crippen LogP contribution in [0.25, 0.3) is 0 Å². The first kappa shape index (κ1) is 12.9. The number of benzene rings is 1. The second-order valence-electron chi connectivity index (χ2n) is 4.17. The second kappa shape index (κ2) is 5.39. The normalized spacial score (nSPS) is 18.5. The van der Waals surface area contributed by atoms with Crippen LogP contribution in [0.4, 0.5) is 0 Å². The van der Waals surface area contributed by atoms with Crippen molar-refractivity contribution >= 4 is 27.7 Å². The van der Waals surface area contributed by atoms with Crippen molar-refractivity contribution in [2.45, 2.75) is 18.9 Å². The summed E-state index contributed by atoms with van der Waals surface area (Å²) in [4.78, 5) is 22.8. The Hall–Kier alpha value is -1.56. The molecule has 1 aromatic carbocycles. The number of amides is 2. The van der Waals surface area contributed by atoms with Gasteiger partial charge in [-0.2, -0.15) is 0 Å². The van der Waals surface area contributed by atoms with Crippen LogP contribution in [0.5, 0.6) is 5.75 Å². The maximum atomic E-state index is 11.8. The SMILES string of the molecule is O=C1CCC(CNC(=O)c2ccc(Br)cc2O)N1. The molecule has 1 fully saturated rings. The minimum Gasteiger partial charge on any atom is -0.507 e. The summed E-state index contributed by atoms with van der Waals surface area (Å²) in [6.45, 7) is 0.375. The van der Waals surface area contributed by atoms with Crippen LogP contribution in [0.2, 0.25) is 0 Å². The highest BCUT2D eigenvalue weighted by Gasteiger charge is 2.21. The first-order chi connectivity index (χ1) is 8.56. The molecule has 96 valence electrons. The number of nitrogens with one attached hydrogen (secondary N) is 2. The minimum atomic E-state index is -0.346. The van der Waals surface area contributed by atoms with Crippen molar-refractivity contribution in [2.75, 3.05) is 6.54 Å². The Morgan fingerprint density at radius 1 is 1.56 bits per heavy atom. The third-order valence-corrected chi connectivity index (χ3v) is 3.29. The molecule has 0 radical (unpaired) electrons. The van der Waals surface area contributed by atoms with Gasteiger partial charge in [0.1, 0.15) is 5.75 Å². The van der Waals surface area contributed by atoms with Crippen LogP contribution in [0.3, 0.4) is 0 Å². The van der Waals surface area contributed by atoms with Gasteiger partial charge in [0, 0.05) is 23.5 Å². The summed E-state index contributed by atoms with van der Waals surface area (Å²) >= 11 is 3.21. The van der Waals surface area contributed by atoms with E-state index in [2.05, 4.69) is 26.6 Å². The van der Waals surface area contributed by atoms with Gasteiger partial charge in [0.15, 0.2) is 0 Å². The molecule has 1 atom stereocenters. The molecule has 2 amide bonds. The van der Waals surface area contributed by atoms with Crippen molar-refractivity contribution in [1.82, 2.24) is 10.6 Å². The molecule has 0 spiro atoms. The van der Waals surface area contributed by atoms with E-state index in [1.54, 1.807) is 12.1 Å². The summed E-state index contributed by atoms with van der Waals surface area (Å²) in [5, 5.41) is 15.1. The van der Waals surface area contributed by atoms with Crippen LogP contribution in [0.15, 0.2) is 22.7 Å². The average Bonchev–Trinajstić information content (AvgIpc) is 2.72. The van der Waals surface area contributed by atoms with E-state index in [-0.39, 0.29) is 29.2 Å². The molecular weight excluding hydrogens is 300 g/mol. The number of aromatic hydroxyl groups is 1. The quantitative estimate of drug-likeness (QED) is 0.784.